The first kappa shape index (κ1) is 19.5. The lowest BCUT2D eigenvalue weighted by molar-refractivity contribution is -0.149. The number of guanidine groups is 1. The summed E-state index contributed by atoms with van der Waals surface area (Å²) in [6.45, 7) is 5.56. The molecule has 0 amide bonds. The molecule has 0 bridgehead atoms. The molecule has 0 aromatic carbocycles. The maximum atomic E-state index is 11.9. The zero-order valence-corrected chi connectivity index (χ0v) is 15.9. The van der Waals surface area contributed by atoms with Crippen LogP contribution in [-0.4, -0.2) is 62.8 Å². The third-order valence-electron chi connectivity index (χ3n) is 4.06. The molecule has 2 rings (SSSR count). The Morgan fingerprint density at radius 2 is 2.23 bits per heavy atom. The van der Waals surface area contributed by atoms with Gasteiger partial charge in [0.1, 0.15) is 0 Å². The minimum Gasteiger partial charge on any atom is -0.466 e. The highest BCUT2D eigenvalue weighted by Gasteiger charge is 2.28. The summed E-state index contributed by atoms with van der Waals surface area (Å²) >= 11 is 0. The number of ether oxygens (including phenoxy) is 2. The highest BCUT2D eigenvalue weighted by molar-refractivity contribution is 14.0. The lowest BCUT2D eigenvalue weighted by Gasteiger charge is -2.34. The quantitative estimate of drug-likeness (QED) is 0.321. The van der Waals surface area contributed by atoms with E-state index in [4.69, 9.17) is 9.47 Å². The van der Waals surface area contributed by atoms with E-state index in [0.29, 0.717) is 13.2 Å². The number of esters is 1. The molecule has 0 aromatic heterocycles. The minimum atomic E-state index is -0.0863. The van der Waals surface area contributed by atoms with Crippen molar-refractivity contribution in [3.63, 3.8) is 0 Å². The van der Waals surface area contributed by atoms with Crippen LogP contribution in [0.5, 0.6) is 0 Å². The standard InChI is InChI=1S/C15H27N3O3.HI/c1-3-20-14(19)12-6-4-8-18(11-12)15(16-2)17-10-13-7-5-9-21-13;/h12-13H,3-11H2,1-2H3,(H,16,17);1H. The highest BCUT2D eigenvalue weighted by Crippen LogP contribution is 2.18. The van der Waals surface area contributed by atoms with Gasteiger partial charge < -0.3 is 19.7 Å². The van der Waals surface area contributed by atoms with Gasteiger partial charge in [0, 0.05) is 33.3 Å². The lowest BCUT2D eigenvalue weighted by atomic mass is 9.98. The third kappa shape index (κ3) is 5.57. The summed E-state index contributed by atoms with van der Waals surface area (Å²) in [7, 11) is 1.78. The van der Waals surface area contributed by atoms with E-state index in [1.54, 1.807) is 7.05 Å². The molecule has 2 unspecified atom stereocenters. The Labute approximate surface area is 150 Å². The monoisotopic (exact) mass is 425 g/mol. The van der Waals surface area contributed by atoms with E-state index in [9.17, 15) is 4.79 Å². The number of nitrogens with zero attached hydrogens (tertiary/aromatic N) is 2. The summed E-state index contributed by atoms with van der Waals surface area (Å²) in [6.07, 6.45) is 4.42. The van der Waals surface area contributed by atoms with E-state index >= 15 is 0 Å². The SMILES string of the molecule is CCOC(=O)C1CCCN(C(=NC)NCC2CCCO2)C1.I. The maximum Gasteiger partial charge on any atom is 0.310 e. The van der Waals surface area contributed by atoms with Gasteiger partial charge in [-0.2, -0.15) is 0 Å². The summed E-state index contributed by atoms with van der Waals surface area (Å²) in [5.41, 5.74) is 0. The minimum absolute atomic E-state index is 0. The van der Waals surface area contributed by atoms with Crippen LogP contribution in [0, 0.1) is 5.92 Å². The number of aliphatic imine (C=N–C) groups is 1. The van der Waals surface area contributed by atoms with Crippen molar-refractivity contribution in [1.82, 2.24) is 10.2 Å². The Balaban J connectivity index is 0.00000242. The van der Waals surface area contributed by atoms with Gasteiger partial charge in [-0.1, -0.05) is 0 Å². The molecule has 0 saturated carbocycles. The topological polar surface area (TPSA) is 63.2 Å². The normalized spacial score (nSPS) is 25.5. The largest absolute Gasteiger partial charge is 0.466 e. The molecule has 0 radical (unpaired) electrons. The number of likely N-dealkylation sites (tertiary alicyclic amines) is 1. The van der Waals surface area contributed by atoms with E-state index in [2.05, 4.69) is 15.2 Å². The lowest BCUT2D eigenvalue weighted by Crippen LogP contribution is -2.49. The van der Waals surface area contributed by atoms with Crippen LogP contribution in [0.4, 0.5) is 0 Å². The Morgan fingerprint density at radius 3 is 2.86 bits per heavy atom. The average molecular weight is 425 g/mol. The molecule has 1 N–H and O–H groups in total. The molecular weight excluding hydrogens is 397 g/mol. The van der Waals surface area contributed by atoms with Crippen molar-refractivity contribution < 1.29 is 14.3 Å². The van der Waals surface area contributed by atoms with Gasteiger partial charge >= 0.3 is 5.97 Å². The fourth-order valence-corrected chi connectivity index (χ4v) is 2.96. The molecule has 6 nitrogen and oxygen atoms in total. The van der Waals surface area contributed by atoms with E-state index in [1.807, 2.05) is 6.92 Å². The first-order chi connectivity index (χ1) is 10.2. The molecule has 7 heteroatoms. The summed E-state index contributed by atoms with van der Waals surface area (Å²) in [4.78, 5) is 18.4. The zero-order chi connectivity index (χ0) is 15.1. The fraction of sp³-hybridized carbons (Fsp3) is 0.867. The van der Waals surface area contributed by atoms with Gasteiger partial charge in [-0.15, -0.1) is 24.0 Å². The molecule has 128 valence electrons. The smallest absolute Gasteiger partial charge is 0.310 e. The molecule has 22 heavy (non-hydrogen) atoms. The van der Waals surface area contributed by atoms with Crippen molar-refractivity contribution in [2.45, 2.75) is 38.7 Å². The predicted molar refractivity (Wildman–Crippen MR) is 96.7 cm³/mol. The molecule has 2 aliphatic heterocycles. The first-order valence-electron chi connectivity index (χ1n) is 7.98. The molecular formula is C15H28IN3O3. The second-order valence-corrected chi connectivity index (χ2v) is 5.60. The van der Waals surface area contributed by atoms with E-state index in [-0.39, 0.29) is 42.0 Å². The second kappa shape index (κ2) is 10.3. The van der Waals surface area contributed by atoms with Gasteiger partial charge in [-0.25, -0.2) is 0 Å². The number of nitrogens with one attached hydrogen (secondary N) is 1. The van der Waals surface area contributed by atoms with Crippen molar-refractivity contribution in [3.05, 3.63) is 0 Å². The van der Waals surface area contributed by atoms with Crippen LogP contribution in [0.2, 0.25) is 0 Å². The second-order valence-electron chi connectivity index (χ2n) is 5.60. The summed E-state index contributed by atoms with van der Waals surface area (Å²) in [6, 6.07) is 0. The van der Waals surface area contributed by atoms with Crippen LogP contribution in [0.15, 0.2) is 4.99 Å². The van der Waals surface area contributed by atoms with Gasteiger partial charge in [0.15, 0.2) is 5.96 Å². The predicted octanol–water partition coefficient (Wildman–Crippen LogP) is 1.63. The molecule has 2 fully saturated rings. The van der Waals surface area contributed by atoms with Crippen LogP contribution in [-0.2, 0) is 14.3 Å². The number of halogens is 1. The molecule has 2 heterocycles. The number of carbonyl (C=O) groups is 1. The number of hydrogen-bond acceptors (Lipinski definition) is 4. The van der Waals surface area contributed by atoms with Gasteiger partial charge in [0.25, 0.3) is 0 Å². The Bertz CT molecular complexity index is 373. The maximum absolute atomic E-state index is 11.9. The van der Waals surface area contributed by atoms with Crippen LogP contribution in [0.3, 0.4) is 0 Å². The Hall–Kier alpha value is -0.570. The van der Waals surface area contributed by atoms with Gasteiger partial charge in [-0.3, -0.25) is 9.79 Å². The van der Waals surface area contributed by atoms with Gasteiger partial charge in [0.05, 0.1) is 18.6 Å². The van der Waals surface area contributed by atoms with Crippen molar-refractivity contribution in [1.29, 1.82) is 0 Å². The average Bonchev–Trinajstić information content (AvgIpc) is 3.02. The van der Waals surface area contributed by atoms with Crippen molar-refractivity contribution in [2.75, 3.05) is 39.9 Å². The van der Waals surface area contributed by atoms with Crippen molar-refractivity contribution in [3.8, 4) is 0 Å². The van der Waals surface area contributed by atoms with Crippen LogP contribution < -0.4 is 5.32 Å². The van der Waals surface area contributed by atoms with Gasteiger partial charge in [0.2, 0.25) is 0 Å². The molecule has 0 aliphatic carbocycles. The van der Waals surface area contributed by atoms with Crippen molar-refractivity contribution >= 4 is 35.9 Å². The van der Waals surface area contributed by atoms with E-state index in [0.717, 1.165) is 51.3 Å². The number of carbonyl (C=O) groups excluding carboxylic acids is 1. The first-order valence-corrected chi connectivity index (χ1v) is 7.98. The fourth-order valence-electron chi connectivity index (χ4n) is 2.96. The molecule has 2 saturated heterocycles. The Kier molecular flexibility index (Phi) is 9.08. The molecule has 0 aromatic rings. The summed E-state index contributed by atoms with van der Waals surface area (Å²) in [5, 5.41) is 3.37. The zero-order valence-electron chi connectivity index (χ0n) is 13.5. The van der Waals surface area contributed by atoms with Crippen LogP contribution >= 0.6 is 24.0 Å². The third-order valence-corrected chi connectivity index (χ3v) is 4.06. The summed E-state index contributed by atoms with van der Waals surface area (Å²) in [5.74, 6) is 0.733. The number of piperidine rings is 1. The Morgan fingerprint density at radius 1 is 1.41 bits per heavy atom. The van der Waals surface area contributed by atoms with E-state index in [1.165, 1.54) is 0 Å². The summed E-state index contributed by atoms with van der Waals surface area (Å²) < 4.78 is 10.8. The van der Waals surface area contributed by atoms with Crippen LogP contribution in [0.1, 0.15) is 32.6 Å². The van der Waals surface area contributed by atoms with Gasteiger partial charge in [-0.05, 0) is 32.6 Å². The number of rotatable bonds is 4. The highest BCUT2D eigenvalue weighted by atomic mass is 127. The van der Waals surface area contributed by atoms with Crippen LogP contribution in [0.25, 0.3) is 0 Å². The number of hydrogen-bond donors (Lipinski definition) is 1. The molecule has 2 aliphatic rings. The molecule has 2 atom stereocenters. The van der Waals surface area contributed by atoms with Crippen molar-refractivity contribution in [2.24, 2.45) is 10.9 Å². The van der Waals surface area contributed by atoms with E-state index < -0.39 is 0 Å². The molecule has 0 spiro atoms.